The van der Waals surface area contributed by atoms with Crippen LogP contribution in [0, 0.1) is 17.1 Å². The molecule has 0 fully saturated rings. The first kappa shape index (κ1) is 19.0. The summed E-state index contributed by atoms with van der Waals surface area (Å²) in [4.78, 5) is 2.18. The van der Waals surface area contributed by atoms with Crippen molar-refractivity contribution in [2.75, 3.05) is 11.4 Å². The van der Waals surface area contributed by atoms with Crippen molar-refractivity contribution < 1.29 is 4.39 Å². The summed E-state index contributed by atoms with van der Waals surface area (Å²) < 4.78 is 18.2. The molecular formula is C22H22FN9. The fourth-order valence-electron chi connectivity index (χ4n) is 5.05. The molecule has 32 heavy (non-hydrogen) atoms. The van der Waals surface area contributed by atoms with Crippen LogP contribution < -0.4 is 10.2 Å². The van der Waals surface area contributed by atoms with Gasteiger partial charge in [-0.05, 0) is 31.5 Å². The molecule has 6 rings (SSSR count). The summed E-state index contributed by atoms with van der Waals surface area (Å²) in [5, 5.41) is 29.0. The Kier molecular flexibility index (Phi) is 4.26. The van der Waals surface area contributed by atoms with E-state index in [-0.39, 0.29) is 6.04 Å². The van der Waals surface area contributed by atoms with E-state index in [1.807, 2.05) is 12.1 Å². The van der Waals surface area contributed by atoms with Crippen molar-refractivity contribution in [3.05, 3.63) is 64.7 Å². The molecule has 0 bridgehead atoms. The van der Waals surface area contributed by atoms with Gasteiger partial charge in [0, 0.05) is 43.0 Å². The third-order valence-corrected chi connectivity index (χ3v) is 6.53. The second kappa shape index (κ2) is 7.17. The molecule has 0 spiro atoms. The molecular weight excluding hydrogens is 409 g/mol. The molecule has 2 N–H and O–H groups in total. The summed E-state index contributed by atoms with van der Waals surface area (Å²) in [7, 11) is 0. The number of nitrogens with one attached hydrogen (secondary N) is 2. The van der Waals surface area contributed by atoms with Crippen molar-refractivity contribution in [3.8, 4) is 6.07 Å². The first-order chi connectivity index (χ1) is 15.6. The smallest absolute Gasteiger partial charge is 0.171 e. The van der Waals surface area contributed by atoms with Crippen molar-refractivity contribution in [3.63, 3.8) is 0 Å². The predicted molar refractivity (Wildman–Crippen MR) is 114 cm³/mol. The summed E-state index contributed by atoms with van der Waals surface area (Å²) in [6, 6.07) is 8.05. The highest BCUT2D eigenvalue weighted by atomic mass is 19.1. The average Bonchev–Trinajstić information content (AvgIpc) is 3.53. The molecule has 4 aromatic rings. The van der Waals surface area contributed by atoms with Gasteiger partial charge in [-0.15, -0.1) is 0 Å². The standard InChI is InChI=1S/C22H22FN9/c1-13-11-30(20-3-2-16(8-24)32-22(20)18(23)9-27-32)12-21-17-7-15(6-14-4-5-26-28-14)25-10-19(17)29-31(13)21/h2-5,9,13,15,25H,6-7,10-12H2,1H3,(H,26,28)/t13-,15?/m1/s1. The highest BCUT2D eigenvalue weighted by Crippen LogP contribution is 2.34. The second-order valence-electron chi connectivity index (χ2n) is 8.58. The highest BCUT2D eigenvalue weighted by Gasteiger charge is 2.33. The van der Waals surface area contributed by atoms with Crippen molar-refractivity contribution in [1.82, 2.24) is 34.9 Å². The zero-order chi connectivity index (χ0) is 21.8. The van der Waals surface area contributed by atoms with Crippen LogP contribution in [0.3, 0.4) is 0 Å². The summed E-state index contributed by atoms with van der Waals surface area (Å²) in [5.74, 6) is -0.422. The fraction of sp³-hybridized carbons (Fsp3) is 0.364. The van der Waals surface area contributed by atoms with Crippen molar-refractivity contribution in [2.24, 2.45) is 0 Å². The van der Waals surface area contributed by atoms with Crippen LogP contribution in [0.5, 0.6) is 0 Å². The van der Waals surface area contributed by atoms with Gasteiger partial charge in [0.2, 0.25) is 0 Å². The molecule has 6 heterocycles. The first-order valence-electron chi connectivity index (χ1n) is 10.7. The molecule has 9 nitrogen and oxygen atoms in total. The number of rotatable bonds is 3. The molecule has 2 aliphatic heterocycles. The molecule has 0 aromatic carbocycles. The van der Waals surface area contributed by atoms with Crippen LogP contribution in [0.1, 0.15) is 41.3 Å². The lowest BCUT2D eigenvalue weighted by atomic mass is 9.95. The van der Waals surface area contributed by atoms with Gasteiger partial charge in [0.25, 0.3) is 0 Å². The van der Waals surface area contributed by atoms with E-state index >= 15 is 0 Å². The third kappa shape index (κ3) is 2.89. The number of anilines is 1. The minimum atomic E-state index is -0.422. The molecule has 10 heteroatoms. The van der Waals surface area contributed by atoms with E-state index in [2.05, 4.69) is 43.2 Å². The Hall–Kier alpha value is -3.71. The molecule has 2 aliphatic rings. The molecule has 0 radical (unpaired) electrons. The van der Waals surface area contributed by atoms with Crippen LogP contribution in [0.2, 0.25) is 0 Å². The topological polar surface area (TPSA) is 103 Å². The molecule has 0 aliphatic carbocycles. The van der Waals surface area contributed by atoms with E-state index in [9.17, 15) is 9.65 Å². The highest BCUT2D eigenvalue weighted by molar-refractivity contribution is 5.75. The lowest BCUT2D eigenvalue weighted by Gasteiger charge is -2.35. The summed E-state index contributed by atoms with van der Waals surface area (Å²) in [6.07, 6.45) is 4.71. The quantitative estimate of drug-likeness (QED) is 0.515. The van der Waals surface area contributed by atoms with Gasteiger partial charge in [0.05, 0.1) is 35.9 Å². The number of H-pyrrole nitrogens is 1. The Labute approximate surface area is 183 Å². The Morgan fingerprint density at radius 2 is 2.22 bits per heavy atom. The van der Waals surface area contributed by atoms with Crippen molar-refractivity contribution >= 4 is 11.2 Å². The molecule has 2 atom stereocenters. The first-order valence-corrected chi connectivity index (χ1v) is 10.7. The van der Waals surface area contributed by atoms with Crippen LogP contribution in [-0.4, -0.2) is 42.2 Å². The Morgan fingerprint density at radius 3 is 3.03 bits per heavy atom. The van der Waals surface area contributed by atoms with Crippen molar-refractivity contribution in [1.29, 1.82) is 5.26 Å². The number of hydrogen-bond donors (Lipinski definition) is 2. The Morgan fingerprint density at radius 1 is 1.31 bits per heavy atom. The van der Waals surface area contributed by atoms with Crippen LogP contribution in [0.15, 0.2) is 30.6 Å². The van der Waals surface area contributed by atoms with E-state index in [1.54, 1.807) is 12.3 Å². The molecule has 162 valence electrons. The van der Waals surface area contributed by atoms with E-state index in [0.717, 1.165) is 36.5 Å². The molecule has 4 aromatic heterocycles. The predicted octanol–water partition coefficient (Wildman–Crippen LogP) is 2.10. The summed E-state index contributed by atoms with van der Waals surface area (Å²) in [5.41, 5.74) is 6.06. The molecule has 0 amide bonds. The minimum absolute atomic E-state index is 0.136. The van der Waals surface area contributed by atoms with Crippen LogP contribution in [-0.2, 0) is 25.9 Å². The largest absolute Gasteiger partial charge is 0.362 e. The maximum Gasteiger partial charge on any atom is 0.171 e. The van der Waals surface area contributed by atoms with Gasteiger partial charge in [0.1, 0.15) is 17.3 Å². The fourth-order valence-corrected chi connectivity index (χ4v) is 5.05. The van der Waals surface area contributed by atoms with Gasteiger partial charge in [0.15, 0.2) is 5.82 Å². The van der Waals surface area contributed by atoms with Crippen LogP contribution >= 0.6 is 0 Å². The molecule has 1 unspecified atom stereocenters. The van der Waals surface area contributed by atoms with E-state index in [0.29, 0.717) is 30.3 Å². The lowest BCUT2D eigenvalue weighted by molar-refractivity contribution is 0.423. The van der Waals surface area contributed by atoms with Gasteiger partial charge in [-0.25, -0.2) is 8.91 Å². The Bertz CT molecular complexity index is 1340. The van der Waals surface area contributed by atoms with Gasteiger partial charge in [-0.2, -0.15) is 20.6 Å². The minimum Gasteiger partial charge on any atom is -0.362 e. The van der Waals surface area contributed by atoms with Gasteiger partial charge in [-0.3, -0.25) is 9.78 Å². The molecule has 0 saturated heterocycles. The maximum absolute atomic E-state index is 14.7. The number of nitriles is 1. The number of pyridine rings is 1. The number of hydrogen-bond acceptors (Lipinski definition) is 6. The van der Waals surface area contributed by atoms with Crippen molar-refractivity contribution in [2.45, 2.75) is 44.9 Å². The lowest BCUT2D eigenvalue weighted by Crippen LogP contribution is -2.39. The monoisotopic (exact) mass is 431 g/mol. The Balaban J connectivity index is 1.36. The van der Waals surface area contributed by atoms with E-state index < -0.39 is 5.82 Å². The van der Waals surface area contributed by atoms with Gasteiger partial charge in [-0.1, -0.05) is 0 Å². The number of nitrogens with zero attached hydrogens (tertiary/aromatic N) is 7. The number of aromatic amines is 1. The third-order valence-electron chi connectivity index (χ3n) is 6.53. The summed E-state index contributed by atoms with van der Waals surface area (Å²) >= 11 is 0. The van der Waals surface area contributed by atoms with Gasteiger partial charge < -0.3 is 10.2 Å². The number of fused-ring (bicyclic) bond motifs is 4. The zero-order valence-corrected chi connectivity index (χ0v) is 17.6. The van der Waals surface area contributed by atoms with Crippen LogP contribution in [0.25, 0.3) is 5.52 Å². The van der Waals surface area contributed by atoms with Crippen LogP contribution in [0.4, 0.5) is 10.1 Å². The summed E-state index contributed by atoms with van der Waals surface area (Å²) in [6.45, 7) is 4.21. The van der Waals surface area contributed by atoms with E-state index in [4.69, 9.17) is 5.10 Å². The van der Waals surface area contributed by atoms with Gasteiger partial charge >= 0.3 is 0 Å². The number of halogens is 1. The zero-order valence-electron chi connectivity index (χ0n) is 17.6. The average molecular weight is 431 g/mol. The normalized spacial score (nSPS) is 20.2. The second-order valence-corrected chi connectivity index (χ2v) is 8.58. The van der Waals surface area contributed by atoms with E-state index in [1.165, 1.54) is 22.0 Å². The maximum atomic E-state index is 14.7. The number of aromatic nitrogens is 6. The molecule has 0 saturated carbocycles. The SMILES string of the molecule is C[C@@H]1CN(c2ccc(C#N)n3ncc(F)c23)Cc2c3c(nn21)CNC(Cc1ccn[nH]1)C3.